The summed E-state index contributed by atoms with van der Waals surface area (Å²) in [6.07, 6.45) is 3.14. The Kier molecular flexibility index (Phi) is 5.27. The van der Waals surface area contributed by atoms with Crippen LogP contribution in [-0.4, -0.2) is 12.6 Å². The molecule has 0 unspecified atom stereocenters. The molecule has 0 radical (unpaired) electrons. The summed E-state index contributed by atoms with van der Waals surface area (Å²) in [5.41, 5.74) is 1.13. The first kappa shape index (κ1) is 13.3. The fourth-order valence-corrected chi connectivity index (χ4v) is 1.52. The van der Waals surface area contributed by atoms with Crippen LogP contribution >= 0.6 is 0 Å². The van der Waals surface area contributed by atoms with E-state index in [1.54, 1.807) is 12.1 Å². The molecule has 0 N–H and O–H groups in total. The molecule has 17 heavy (non-hydrogen) atoms. The molecule has 0 aliphatic heterocycles. The van der Waals surface area contributed by atoms with Crippen LogP contribution in [0.25, 0.3) is 0 Å². The summed E-state index contributed by atoms with van der Waals surface area (Å²) < 4.78 is 10.6. The maximum Gasteiger partial charge on any atom is 0.335 e. The summed E-state index contributed by atoms with van der Waals surface area (Å²) in [7, 11) is 0. The van der Waals surface area contributed by atoms with Gasteiger partial charge in [-0.15, -0.1) is 0 Å². The molecule has 0 saturated heterocycles. The molecule has 0 heterocycles. The average molecular weight is 234 g/mol. The van der Waals surface area contributed by atoms with Gasteiger partial charge in [0.2, 0.25) is 0 Å². The van der Waals surface area contributed by atoms with Gasteiger partial charge in [-0.3, -0.25) is 0 Å². The van der Waals surface area contributed by atoms with Crippen LogP contribution in [0.15, 0.2) is 30.9 Å². The minimum Gasteiger partial charge on any atom is -0.493 e. The molecule has 0 aliphatic rings. The molecule has 3 nitrogen and oxygen atoms in total. The molecule has 0 aromatic heterocycles. The van der Waals surface area contributed by atoms with Crippen molar-refractivity contribution in [2.75, 3.05) is 6.61 Å². The first-order valence-electron chi connectivity index (χ1n) is 5.81. The van der Waals surface area contributed by atoms with Crippen LogP contribution in [0.5, 0.6) is 11.5 Å². The van der Waals surface area contributed by atoms with Gasteiger partial charge < -0.3 is 9.47 Å². The maximum atomic E-state index is 11.1. The van der Waals surface area contributed by atoms with Gasteiger partial charge in [0.25, 0.3) is 0 Å². The summed E-state index contributed by atoms with van der Waals surface area (Å²) in [4.78, 5) is 11.1. The number of hydrogen-bond donors (Lipinski definition) is 0. The minimum atomic E-state index is -0.462. The van der Waals surface area contributed by atoms with Gasteiger partial charge in [0.05, 0.1) is 6.61 Å². The molecule has 1 rings (SSSR count). The second-order valence-electron chi connectivity index (χ2n) is 3.58. The zero-order valence-corrected chi connectivity index (χ0v) is 10.4. The smallest absolute Gasteiger partial charge is 0.335 e. The van der Waals surface area contributed by atoms with E-state index < -0.39 is 5.97 Å². The third-order valence-corrected chi connectivity index (χ3v) is 2.24. The van der Waals surface area contributed by atoms with Gasteiger partial charge in [0.1, 0.15) is 11.5 Å². The van der Waals surface area contributed by atoms with E-state index in [1.807, 2.05) is 13.0 Å². The Hall–Kier alpha value is -1.77. The third kappa shape index (κ3) is 3.94. The summed E-state index contributed by atoms with van der Waals surface area (Å²) >= 11 is 0. The molecule has 0 amide bonds. The zero-order chi connectivity index (χ0) is 12.7. The molecule has 0 saturated carbocycles. The number of benzene rings is 1. The highest BCUT2D eigenvalue weighted by Crippen LogP contribution is 2.26. The van der Waals surface area contributed by atoms with E-state index in [1.165, 1.54) is 0 Å². The van der Waals surface area contributed by atoms with E-state index >= 15 is 0 Å². The lowest BCUT2D eigenvalue weighted by Crippen LogP contribution is -2.04. The van der Waals surface area contributed by atoms with E-state index in [-0.39, 0.29) is 0 Å². The van der Waals surface area contributed by atoms with Crippen molar-refractivity contribution >= 4 is 5.97 Å². The van der Waals surface area contributed by atoms with Crippen molar-refractivity contribution in [1.82, 2.24) is 0 Å². The standard InChI is InChI=1S/C14H18O3/c1-4-7-11-8-9-12(17-14(15)5-2)10-13(11)16-6-3/h5,8-10H,2,4,6-7H2,1,3H3. The number of aryl methyl sites for hydroxylation is 1. The van der Waals surface area contributed by atoms with E-state index in [4.69, 9.17) is 9.47 Å². The normalized spacial score (nSPS) is 9.76. The maximum absolute atomic E-state index is 11.1. The average Bonchev–Trinajstić information content (AvgIpc) is 2.33. The Morgan fingerprint density at radius 1 is 1.41 bits per heavy atom. The van der Waals surface area contributed by atoms with E-state index in [9.17, 15) is 4.79 Å². The van der Waals surface area contributed by atoms with Gasteiger partial charge in [-0.2, -0.15) is 0 Å². The third-order valence-electron chi connectivity index (χ3n) is 2.24. The van der Waals surface area contributed by atoms with Crippen molar-refractivity contribution in [1.29, 1.82) is 0 Å². The van der Waals surface area contributed by atoms with Crippen molar-refractivity contribution in [3.63, 3.8) is 0 Å². The highest BCUT2D eigenvalue weighted by atomic mass is 16.5. The van der Waals surface area contributed by atoms with E-state index in [0.717, 1.165) is 30.2 Å². The Labute approximate surface area is 102 Å². The van der Waals surface area contributed by atoms with Crippen molar-refractivity contribution < 1.29 is 14.3 Å². The highest BCUT2D eigenvalue weighted by Gasteiger charge is 2.07. The Balaban J connectivity index is 2.91. The molecule has 0 atom stereocenters. The molecule has 92 valence electrons. The first-order chi connectivity index (χ1) is 8.21. The number of rotatable bonds is 6. The van der Waals surface area contributed by atoms with Gasteiger partial charge in [-0.25, -0.2) is 4.79 Å². The van der Waals surface area contributed by atoms with Crippen LogP contribution in [-0.2, 0) is 11.2 Å². The molecule has 1 aromatic rings. The summed E-state index contributed by atoms with van der Waals surface area (Å²) in [5, 5.41) is 0. The van der Waals surface area contributed by atoms with Crippen molar-refractivity contribution in [3.8, 4) is 11.5 Å². The highest BCUT2D eigenvalue weighted by molar-refractivity contribution is 5.83. The summed E-state index contributed by atoms with van der Waals surface area (Å²) in [6.45, 7) is 7.99. The fourth-order valence-electron chi connectivity index (χ4n) is 1.52. The summed E-state index contributed by atoms with van der Waals surface area (Å²) in [5.74, 6) is 0.803. The van der Waals surface area contributed by atoms with Gasteiger partial charge in [0, 0.05) is 12.1 Å². The molecular weight excluding hydrogens is 216 g/mol. The van der Waals surface area contributed by atoms with Crippen LogP contribution in [0.4, 0.5) is 0 Å². The lowest BCUT2D eigenvalue weighted by molar-refractivity contribution is -0.128. The minimum absolute atomic E-state index is 0.462. The van der Waals surface area contributed by atoms with Gasteiger partial charge >= 0.3 is 5.97 Å². The fraction of sp³-hybridized carbons (Fsp3) is 0.357. The molecule has 1 aromatic carbocycles. The van der Waals surface area contributed by atoms with Gasteiger partial charge in [-0.1, -0.05) is 26.0 Å². The van der Waals surface area contributed by atoms with E-state index in [2.05, 4.69) is 13.5 Å². The lowest BCUT2D eigenvalue weighted by atomic mass is 10.1. The Morgan fingerprint density at radius 3 is 2.76 bits per heavy atom. The SMILES string of the molecule is C=CC(=O)Oc1ccc(CCC)c(OCC)c1. The number of esters is 1. The largest absolute Gasteiger partial charge is 0.493 e. The van der Waals surface area contributed by atoms with Crippen molar-refractivity contribution in [3.05, 3.63) is 36.4 Å². The number of carbonyl (C=O) groups excluding carboxylic acids is 1. The molecule has 0 spiro atoms. The second-order valence-corrected chi connectivity index (χ2v) is 3.58. The molecule has 0 aliphatic carbocycles. The molecule has 0 fully saturated rings. The van der Waals surface area contributed by atoms with Crippen LogP contribution in [0.2, 0.25) is 0 Å². The number of carbonyl (C=O) groups is 1. The van der Waals surface area contributed by atoms with Crippen molar-refractivity contribution in [2.24, 2.45) is 0 Å². The molecule has 3 heteroatoms. The van der Waals surface area contributed by atoms with Crippen LogP contribution in [0.3, 0.4) is 0 Å². The Bertz CT molecular complexity index is 396. The predicted octanol–water partition coefficient (Wildman–Crippen LogP) is 3.13. The second kappa shape index (κ2) is 6.74. The quantitative estimate of drug-likeness (QED) is 0.431. The van der Waals surface area contributed by atoms with Crippen LogP contribution < -0.4 is 9.47 Å². The Morgan fingerprint density at radius 2 is 2.18 bits per heavy atom. The number of ether oxygens (including phenoxy) is 2. The predicted molar refractivity (Wildman–Crippen MR) is 67.4 cm³/mol. The topological polar surface area (TPSA) is 35.5 Å². The van der Waals surface area contributed by atoms with Gasteiger partial charge in [-0.05, 0) is 25.0 Å². The monoisotopic (exact) mass is 234 g/mol. The molecule has 0 bridgehead atoms. The van der Waals surface area contributed by atoms with Crippen molar-refractivity contribution in [2.45, 2.75) is 26.7 Å². The lowest BCUT2D eigenvalue weighted by Gasteiger charge is -2.11. The summed E-state index contributed by atoms with van der Waals surface area (Å²) in [6, 6.07) is 5.45. The van der Waals surface area contributed by atoms with E-state index in [0.29, 0.717) is 12.4 Å². The van der Waals surface area contributed by atoms with Crippen LogP contribution in [0.1, 0.15) is 25.8 Å². The zero-order valence-electron chi connectivity index (χ0n) is 10.4. The first-order valence-corrected chi connectivity index (χ1v) is 5.81. The van der Waals surface area contributed by atoms with Crippen LogP contribution in [0, 0.1) is 0 Å². The molecular formula is C14H18O3. The van der Waals surface area contributed by atoms with Gasteiger partial charge in [0.15, 0.2) is 0 Å². The number of hydrogen-bond acceptors (Lipinski definition) is 3.